The summed E-state index contributed by atoms with van der Waals surface area (Å²) >= 11 is 0. The van der Waals surface area contributed by atoms with Gasteiger partial charge in [-0.1, -0.05) is 139 Å². The number of nitrogens with two attached hydrogens (primary N) is 1. The predicted molar refractivity (Wildman–Crippen MR) is 235 cm³/mol. The molecule has 0 fully saturated rings. The van der Waals surface area contributed by atoms with Crippen molar-refractivity contribution in [2.24, 2.45) is 5.73 Å². The average molecular weight is 787 g/mol. The Hall–Kier alpha value is -2.71. The van der Waals surface area contributed by atoms with Gasteiger partial charge in [0.05, 0.1) is 19.1 Å². The molecule has 0 rings (SSSR count). The lowest BCUT2D eigenvalue weighted by molar-refractivity contribution is -0.148. The molecule has 0 bridgehead atoms. The van der Waals surface area contributed by atoms with Crippen LogP contribution >= 0.6 is 0 Å². The molecule has 0 aliphatic heterocycles. The van der Waals surface area contributed by atoms with Gasteiger partial charge >= 0.3 is 11.9 Å². The molecule has 324 valence electrons. The minimum atomic E-state index is -0.690. The van der Waals surface area contributed by atoms with E-state index in [0.717, 1.165) is 89.9 Å². The molecule has 0 aliphatic carbocycles. The van der Waals surface area contributed by atoms with Crippen molar-refractivity contribution < 1.29 is 29.0 Å². The van der Waals surface area contributed by atoms with Gasteiger partial charge in [0.25, 0.3) is 0 Å². The van der Waals surface area contributed by atoms with Crippen molar-refractivity contribution in [1.29, 1.82) is 0 Å². The number of nitrogens with zero attached hydrogens (tertiary/aromatic N) is 1. The van der Waals surface area contributed by atoms with E-state index >= 15 is 0 Å². The van der Waals surface area contributed by atoms with Crippen LogP contribution in [0, 0.1) is 0 Å². The summed E-state index contributed by atoms with van der Waals surface area (Å²) in [5.74, 6) is -0.746. The Morgan fingerprint density at radius 2 is 1.05 bits per heavy atom. The van der Waals surface area contributed by atoms with Crippen molar-refractivity contribution >= 4 is 17.8 Å². The van der Waals surface area contributed by atoms with Crippen LogP contribution in [-0.4, -0.2) is 66.8 Å². The number of carbonyl (C=O) groups excluding carboxylic acids is 3. The van der Waals surface area contributed by atoms with Gasteiger partial charge in [0.1, 0.15) is 13.2 Å². The zero-order valence-electron chi connectivity index (χ0n) is 36.5. The summed E-state index contributed by atoms with van der Waals surface area (Å²) in [6.07, 6.45) is 44.3. The van der Waals surface area contributed by atoms with Gasteiger partial charge in [-0.05, 0) is 96.8 Å². The largest absolute Gasteiger partial charge is 0.464 e. The Kier molecular flexibility index (Phi) is 39.9. The Labute approximate surface area is 344 Å². The first-order valence-electron chi connectivity index (χ1n) is 22.9. The number of hydrogen-bond donors (Lipinski definition) is 2. The fourth-order valence-corrected chi connectivity index (χ4v) is 6.38. The summed E-state index contributed by atoms with van der Waals surface area (Å²) in [7, 11) is 0. The molecule has 0 aromatic rings. The summed E-state index contributed by atoms with van der Waals surface area (Å²) in [6, 6.07) is -0.690. The van der Waals surface area contributed by atoms with Gasteiger partial charge in [-0.3, -0.25) is 14.4 Å². The Morgan fingerprint density at radius 1 is 0.589 bits per heavy atom. The van der Waals surface area contributed by atoms with Crippen LogP contribution in [0.3, 0.4) is 0 Å². The van der Waals surface area contributed by atoms with E-state index < -0.39 is 6.04 Å². The van der Waals surface area contributed by atoms with E-state index in [2.05, 4.69) is 63.3 Å². The first kappa shape index (κ1) is 53.3. The van der Waals surface area contributed by atoms with Gasteiger partial charge in [-0.25, -0.2) is 0 Å². The average Bonchev–Trinajstić information content (AvgIpc) is 3.19. The van der Waals surface area contributed by atoms with E-state index in [1.807, 2.05) is 0 Å². The molecule has 0 spiro atoms. The maximum Gasteiger partial charge on any atom is 0.305 e. The van der Waals surface area contributed by atoms with Crippen LogP contribution in [0.5, 0.6) is 0 Å². The maximum absolute atomic E-state index is 13.2. The molecule has 0 heterocycles. The van der Waals surface area contributed by atoms with Crippen molar-refractivity contribution in [2.75, 3.05) is 32.9 Å². The number of aliphatic hydroxyl groups excluding tert-OH is 1. The van der Waals surface area contributed by atoms with Crippen LogP contribution in [-0.2, 0) is 23.9 Å². The second kappa shape index (κ2) is 41.9. The zero-order valence-corrected chi connectivity index (χ0v) is 36.5. The quantitative estimate of drug-likeness (QED) is 0.0360. The van der Waals surface area contributed by atoms with Gasteiger partial charge in [0, 0.05) is 19.4 Å². The van der Waals surface area contributed by atoms with Crippen LogP contribution < -0.4 is 5.73 Å². The number of rotatable bonds is 40. The van der Waals surface area contributed by atoms with Crippen LogP contribution in [0.15, 0.2) is 48.1 Å². The maximum atomic E-state index is 13.2. The normalized spacial score (nSPS) is 12.6. The highest BCUT2D eigenvalue weighted by molar-refractivity contribution is 5.81. The molecule has 1 unspecified atom stereocenters. The SMILES string of the molecule is CCCCC/C=C\C/C=C\CCCCCCCC(=O)OCCN(CCOC(=O)CCCCCCC/C=C\C/C(C)=C\CCCCC)C(=O)C(N)CCCCCO. The molecule has 1 amide bonds. The van der Waals surface area contributed by atoms with Gasteiger partial charge in [0.15, 0.2) is 0 Å². The molecular weight excluding hydrogens is 701 g/mol. The second-order valence-electron chi connectivity index (χ2n) is 15.5. The molecule has 56 heavy (non-hydrogen) atoms. The van der Waals surface area contributed by atoms with Crippen LogP contribution in [0.1, 0.15) is 201 Å². The van der Waals surface area contributed by atoms with Crippen molar-refractivity contribution in [3.05, 3.63) is 48.1 Å². The topological polar surface area (TPSA) is 119 Å². The molecule has 0 aromatic carbocycles. The molecule has 0 saturated carbocycles. The minimum Gasteiger partial charge on any atom is -0.464 e. The number of esters is 2. The lowest BCUT2D eigenvalue weighted by Crippen LogP contribution is -2.46. The smallest absolute Gasteiger partial charge is 0.305 e. The minimum absolute atomic E-state index is 0.0848. The first-order chi connectivity index (χ1) is 27.3. The number of carbonyl (C=O) groups is 3. The molecule has 1 atom stereocenters. The number of amides is 1. The highest BCUT2D eigenvalue weighted by Gasteiger charge is 2.21. The van der Waals surface area contributed by atoms with Gasteiger partial charge in [-0.2, -0.15) is 0 Å². The van der Waals surface area contributed by atoms with Crippen LogP contribution in [0.4, 0.5) is 0 Å². The summed E-state index contributed by atoms with van der Waals surface area (Å²) in [4.78, 5) is 39.6. The number of ether oxygens (including phenoxy) is 2. The Bertz CT molecular complexity index is 1050. The lowest BCUT2D eigenvalue weighted by atomic mass is 10.1. The van der Waals surface area contributed by atoms with Gasteiger partial charge < -0.3 is 25.2 Å². The molecule has 0 aromatic heterocycles. The fraction of sp³-hybridized carbons (Fsp3) is 0.771. The van der Waals surface area contributed by atoms with E-state index in [4.69, 9.17) is 20.3 Å². The third-order valence-electron chi connectivity index (χ3n) is 10.0. The predicted octanol–water partition coefficient (Wildman–Crippen LogP) is 11.8. The first-order valence-corrected chi connectivity index (χ1v) is 22.9. The van der Waals surface area contributed by atoms with Crippen molar-refractivity contribution in [2.45, 2.75) is 207 Å². The third-order valence-corrected chi connectivity index (χ3v) is 10.0. The molecule has 0 radical (unpaired) electrons. The standard InChI is InChI=1S/C48H86N2O6/c1-4-6-8-10-11-12-13-14-15-16-17-18-22-25-31-37-46(52)55-42-39-50(48(54)45(49)36-30-27-33-41-51)40-43-56-47(53)38-32-26-23-20-19-21-24-29-35-44(3)34-28-9-7-5-2/h11-12,14-15,24,29,34,45,51H,4-10,13,16-23,25-28,30-33,35-43,49H2,1-3H3/b12-11-,15-14-,29-24-,44-34-. The van der Waals surface area contributed by atoms with E-state index in [1.165, 1.54) is 69.8 Å². The van der Waals surface area contributed by atoms with Crippen molar-refractivity contribution in [3.8, 4) is 0 Å². The van der Waals surface area contributed by atoms with Crippen molar-refractivity contribution in [1.82, 2.24) is 4.90 Å². The lowest BCUT2D eigenvalue weighted by Gasteiger charge is -2.25. The number of hydrogen-bond acceptors (Lipinski definition) is 7. The fourth-order valence-electron chi connectivity index (χ4n) is 6.38. The Balaban J connectivity index is 4.30. The van der Waals surface area contributed by atoms with E-state index in [0.29, 0.717) is 25.7 Å². The number of aliphatic hydroxyl groups is 1. The van der Waals surface area contributed by atoms with E-state index in [1.54, 1.807) is 4.90 Å². The molecule has 0 aliphatic rings. The second-order valence-corrected chi connectivity index (χ2v) is 15.5. The highest BCUT2D eigenvalue weighted by Crippen LogP contribution is 2.12. The van der Waals surface area contributed by atoms with Gasteiger partial charge in [0.2, 0.25) is 5.91 Å². The molecular formula is C48H86N2O6. The van der Waals surface area contributed by atoms with Gasteiger partial charge in [-0.15, -0.1) is 0 Å². The van der Waals surface area contributed by atoms with E-state index in [9.17, 15) is 14.4 Å². The summed E-state index contributed by atoms with van der Waals surface area (Å²) in [5, 5.41) is 9.05. The van der Waals surface area contributed by atoms with Crippen LogP contribution in [0.25, 0.3) is 0 Å². The highest BCUT2D eigenvalue weighted by atomic mass is 16.5. The van der Waals surface area contributed by atoms with Crippen molar-refractivity contribution in [3.63, 3.8) is 0 Å². The molecule has 8 nitrogen and oxygen atoms in total. The molecule has 8 heteroatoms. The Morgan fingerprint density at radius 3 is 1.59 bits per heavy atom. The number of allylic oxidation sites excluding steroid dienone is 8. The monoisotopic (exact) mass is 787 g/mol. The summed E-state index contributed by atoms with van der Waals surface area (Å²) in [6.45, 7) is 7.39. The summed E-state index contributed by atoms with van der Waals surface area (Å²) < 4.78 is 11.0. The summed E-state index contributed by atoms with van der Waals surface area (Å²) in [5.41, 5.74) is 7.68. The van der Waals surface area contributed by atoms with E-state index in [-0.39, 0.29) is 50.8 Å². The molecule has 0 saturated heterocycles. The third kappa shape index (κ3) is 36.9. The molecule has 3 N–H and O–H groups in total. The number of unbranched alkanes of at least 4 members (excludes halogenated alkanes) is 18. The zero-order chi connectivity index (χ0) is 41.2. The van der Waals surface area contributed by atoms with Crippen LogP contribution in [0.2, 0.25) is 0 Å².